The quantitative estimate of drug-likeness (QED) is 0.413. The number of nitrogen functional groups attached to an aromatic ring is 1. The van der Waals surface area contributed by atoms with Gasteiger partial charge in [-0.25, -0.2) is 14.6 Å². The van der Waals surface area contributed by atoms with Crippen LogP contribution in [0.4, 0.5) is 11.5 Å². The van der Waals surface area contributed by atoms with Gasteiger partial charge in [-0.15, -0.1) is 0 Å². The number of fused-ring (bicyclic) bond motifs is 1. The predicted octanol–water partition coefficient (Wildman–Crippen LogP) is 4.09. The van der Waals surface area contributed by atoms with Gasteiger partial charge in [-0.2, -0.15) is 5.10 Å². The van der Waals surface area contributed by atoms with Crippen molar-refractivity contribution in [3.63, 3.8) is 0 Å². The second-order valence-corrected chi connectivity index (χ2v) is 10.0. The highest BCUT2D eigenvalue weighted by Crippen LogP contribution is 2.48. The first-order valence-electron chi connectivity index (χ1n) is 12.7. The summed E-state index contributed by atoms with van der Waals surface area (Å²) in [6.45, 7) is 2.02. The van der Waals surface area contributed by atoms with Crippen molar-refractivity contribution in [1.82, 2.24) is 24.6 Å². The van der Waals surface area contributed by atoms with Crippen molar-refractivity contribution in [2.24, 2.45) is 5.92 Å². The summed E-state index contributed by atoms with van der Waals surface area (Å²) in [5.74, 6) is 1.22. The van der Waals surface area contributed by atoms with Crippen LogP contribution in [0.25, 0.3) is 22.3 Å². The summed E-state index contributed by atoms with van der Waals surface area (Å²) in [7, 11) is 3.74. The molecule has 2 aromatic carbocycles. The van der Waals surface area contributed by atoms with Gasteiger partial charge in [0.1, 0.15) is 23.6 Å². The van der Waals surface area contributed by atoms with Gasteiger partial charge in [0.05, 0.1) is 24.2 Å². The van der Waals surface area contributed by atoms with E-state index in [4.69, 9.17) is 15.6 Å². The van der Waals surface area contributed by atoms with Gasteiger partial charge in [-0.3, -0.25) is 4.79 Å². The summed E-state index contributed by atoms with van der Waals surface area (Å²) in [4.78, 5) is 24.1. The standard InChI is InChI=1S/C28H31N7O2/c1-34-12-10-19(11-13-34)35-27-24(26(29)30-16-31-27)25(33-35)18-8-9-22(23(14-18)37-2)32-28(36)21-15-20(21)17-6-4-3-5-7-17/h3-9,14,16,19-21H,10-13,15H2,1-2H3,(H,32,36)(H2,29,30,31). The van der Waals surface area contributed by atoms with Crippen LogP contribution in [0.1, 0.15) is 36.8 Å². The summed E-state index contributed by atoms with van der Waals surface area (Å²) in [5, 5.41) is 8.80. The Morgan fingerprint density at radius 3 is 2.65 bits per heavy atom. The number of hydrogen-bond acceptors (Lipinski definition) is 7. The number of methoxy groups -OCH3 is 1. The third-order valence-corrected chi connectivity index (χ3v) is 7.64. The van der Waals surface area contributed by atoms with E-state index in [1.165, 1.54) is 11.9 Å². The molecule has 2 fully saturated rings. The van der Waals surface area contributed by atoms with Gasteiger partial charge in [0.2, 0.25) is 5.91 Å². The van der Waals surface area contributed by atoms with E-state index in [9.17, 15) is 4.79 Å². The molecule has 2 unspecified atom stereocenters. The minimum absolute atomic E-state index is 0.00883. The molecule has 1 amide bonds. The lowest BCUT2D eigenvalue weighted by atomic mass is 10.1. The molecule has 1 saturated carbocycles. The molecule has 3 heterocycles. The number of aromatic nitrogens is 4. The van der Waals surface area contributed by atoms with Gasteiger partial charge < -0.3 is 20.7 Å². The summed E-state index contributed by atoms with van der Waals surface area (Å²) in [6, 6.07) is 16.1. The molecule has 1 aliphatic heterocycles. The number of piperidine rings is 1. The number of nitrogens with two attached hydrogens (primary N) is 1. The molecular weight excluding hydrogens is 466 g/mol. The number of carbonyl (C=O) groups excluding carboxylic acids is 1. The van der Waals surface area contributed by atoms with Crippen LogP contribution in [0.15, 0.2) is 54.9 Å². The van der Waals surface area contributed by atoms with Gasteiger partial charge in [-0.1, -0.05) is 36.4 Å². The number of ether oxygens (including phenoxy) is 1. The lowest BCUT2D eigenvalue weighted by Gasteiger charge is -2.29. The van der Waals surface area contributed by atoms with E-state index in [2.05, 4.69) is 39.4 Å². The van der Waals surface area contributed by atoms with Gasteiger partial charge >= 0.3 is 0 Å². The molecule has 6 rings (SSSR count). The largest absolute Gasteiger partial charge is 0.495 e. The van der Waals surface area contributed by atoms with Gasteiger partial charge in [0, 0.05) is 11.5 Å². The summed E-state index contributed by atoms with van der Waals surface area (Å²) >= 11 is 0. The number of carbonyl (C=O) groups is 1. The topological polar surface area (TPSA) is 111 Å². The van der Waals surface area contributed by atoms with E-state index in [0.717, 1.165) is 54.6 Å². The van der Waals surface area contributed by atoms with Crippen LogP contribution in [0.2, 0.25) is 0 Å². The Morgan fingerprint density at radius 2 is 1.89 bits per heavy atom. The lowest BCUT2D eigenvalue weighted by molar-refractivity contribution is -0.117. The minimum Gasteiger partial charge on any atom is -0.495 e. The fourth-order valence-corrected chi connectivity index (χ4v) is 5.41. The SMILES string of the molecule is COc1cc(-c2nn(C3CCN(C)CC3)c3ncnc(N)c23)ccc1NC(=O)C1CC1c1ccccc1. The van der Waals surface area contributed by atoms with Crippen molar-refractivity contribution in [3.05, 3.63) is 60.4 Å². The van der Waals surface area contributed by atoms with Crippen molar-refractivity contribution in [2.45, 2.75) is 31.2 Å². The van der Waals surface area contributed by atoms with Gasteiger partial charge in [0.25, 0.3) is 0 Å². The fraction of sp³-hybridized carbons (Fsp3) is 0.357. The molecule has 1 aliphatic carbocycles. The second-order valence-electron chi connectivity index (χ2n) is 10.0. The fourth-order valence-electron chi connectivity index (χ4n) is 5.41. The third-order valence-electron chi connectivity index (χ3n) is 7.64. The number of amides is 1. The molecule has 9 heteroatoms. The molecule has 1 saturated heterocycles. The second kappa shape index (κ2) is 9.48. The van der Waals surface area contributed by atoms with Gasteiger partial charge in [-0.05, 0) is 63.0 Å². The normalized spacial score (nSPS) is 20.2. The highest BCUT2D eigenvalue weighted by Gasteiger charge is 2.44. The third kappa shape index (κ3) is 4.40. The molecule has 0 radical (unpaired) electrons. The molecule has 2 aromatic heterocycles. The maximum absolute atomic E-state index is 13.0. The van der Waals surface area contributed by atoms with Crippen LogP contribution in [0.3, 0.4) is 0 Å². The maximum Gasteiger partial charge on any atom is 0.228 e. The highest BCUT2D eigenvalue weighted by atomic mass is 16.5. The molecule has 0 spiro atoms. The molecule has 0 bridgehead atoms. The van der Waals surface area contributed by atoms with Crippen LogP contribution in [-0.2, 0) is 4.79 Å². The highest BCUT2D eigenvalue weighted by molar-refractivity contribution is 6.00. The number of anilines is 2. The zero-order valence-corrected chi connectivity index (χ0v) is 21.1. The molecule has 2 aliphatic rings. The van der Waals surface area contributed by atoms with Crippen molar-refractivity contribution >= 4 is 28.4 Å². The van der Waals surface area contributed by atoms with E-state index in [-0.39, 0.29) is 23.8 Å². The Labute approximate surface area is 215 Å². The Morgan fingerprint density at radius 1 is 1.11 bits per heavy atom. The summed E-state index contributed by atoms with van der Waals surface area (Å²) in [6.07, 6.45) is 4.34. The number of nitrogens with one attached hydrogen (secondary N) is 1. The Balaban J connectivity index is 1.29. The van der Waals surface area contributed by atoms with Crippen LogP contribution in [0, 0.1) is 5.92 Å². The molecule has 37 heavy (non-hydrogen) atoms. The zero-order chi connectivity index (χ0) is 25.5. The summed E-state index contributed by atoms with van der Waals surface area (Å²) < 4.78 is 7.69. The van der Waals surface area contributed by atoms with Crippen LogP contribution < -0.4 is 15.8 Å². The number of likely N-dealkylation sites (tertiary alicyclic amines) is 1. The Kier molecular flexibility index (Phi) is 6.00. The molecule has 9 nitrogen and oxygen atoms in total. The van der Waals surface area contributed by atoms with Gasteiger partial charge in [0.15, 0.2) is 5.65 Å². The number of nitrogens with zero attached hydrogens (tertiary/aromatic N) is 5. The average Bonchev–Trinajstić information content (AvgIpc) is 3.64. The van der Waals surface area contributed by atoms with E-state index in [1.807, 2.05) is 41.1 Å². The van der Waals surface area contributed by atoms with Crippen molar-refractivity contribution < 1.29 is 9.53 Å². The first kappa shape index (κ1) is 23.4. The van der Waals surface area contributed by atoms with E-state index in [0.29, 0.717) is 17.3 Å². The first-order valence-corrected chi connectivity index (χ1v) is 12.7. The summed E-state index contributed by atoms with van der Waals surface area (Å²) in [5.41, 5.74) is 10.5. The maximum atomic E-state index is 13.0. The molecule has 2 atom stereocenters. The van der Waals surface area contributed by atoms with Crippen LogP contribution in [-0.4, -0.2) is 57.8 Å². The van der Waals surface area contributed by atoms with Crippen molar-refractivity contribution in [2.75, 3.05) is 38.3 Å². The van der Waals surface area contributed by atoms with E-state index >= 15 is 0 Å². The number of benzene rings is 2. The monoisotopic (exact) mass is 497 g/mol. The van der Waals surface area contributed by atoms with Crippen molar-refractivity contribution in [1.29, 1.82) is 0 Å². The number of hydrogen-bond donors (Lipinski definition) is 2. The molecular formula is C28H31N7O2. The predicted molar refractivity (Wildman–Crippen MR) is 143 cm³/mol. The smallest absolute Gasteiger partial charge is 0.228 e. The average molecular weight is 498 g/mol. The molecule has 3 N–H and O–H groups in total. The number of rotatable bonds is 6. The van der Waals surface area contributed by atoms with Crippen molar-refractivity contribution in [3.8, 4) is 17.0 Å². The Bertz CT molecular complexity index is 1440. The van der Waals surface area contributed by atoms with Crippen LogP contribution >= 0.6 is 0 Å². The van der Waals surface area contributed by atoms with Crippen LogP contribution in [0.5, 0.6) is 5.75 Å². The Hall–Kier alpha value is -3.98. The van der Waals surface area contributed by atoms with E-state index in [1.54, 1.807) is 7.11 Å². The first-order chi connectivity index (χ1) is 18.0. The molecule has 190 valence electrons. The van der Waals surface area contributed by atoms with E-state index < -0.39 is 0 Å². The minimum atomic E-state index is -0.0297. The zero-order valence-electron chi connectivity index (χ0n) is 21.1. The molecule has 4 aromatic rings. The lowest BCUT2D eigenvalue weighted by Crippen LogP contribution is -2.31.